The Labute approximate surface area is 61.4 Å². The average molecular weight is 139 g/mol. The summed E-state index contributed by atoms with van der Waals surface area (Å²) in [7, 11) is 0. The van der Waals surface area contributed by atoms with Crippen molar-refractivity contribution in [3.8, 4) is 0 Å². The van der Waals surface area contributed by atoms with Gasteiger partial charge in [0.1, 0.15) is 6.34 Å². The standard InChI is InChI=1S/C7H13N3/c1-4-10-6-8-7(2,3)5-9-10/h5-6H,4H2,1-3H3. The van der Waals surface area contributed by atoms with Crippen LogP contribution in [0.1, 0.15) is 20.8 Å². The lowest BCUT2D eigenvalue weighted by Gasteiger charge is -2.22. The van der Waals surface area contributed by atoms with Crippen molar-refractivity contribution in [2.45, 2.75) is 26.3 Å². The van der Waals surface area contributed by atoms with Crippen molar-refractivity contribution in [2.75, 3.05) is 6.54 Å². The quantitative estimate of drug-likeness (QED) is 0.535. The molecule has 1 aliphatic rings. The summed E-state index contributed by atoms with van der Waals surface area (Å²) in [5, 5.41) is 5.97. The van der Waals surface area contributed by atoms with Crippen LogP contribution >= 0.6 is 0 Å². The zero-order chi connectivity index (χ0) is 7.61. The predicted octanol–water partition coefficient (Wildman–Crippen LogP) is 1.11. The molecule has 10 heavy (non-hydrogen) atoms. The summed E-state index contributed by atoms with van der Waals surface area (Å²) < 4.78 is 0. The molecule has 3 heteroatoms. The van der Waals surface area contributed by atoms with E-state index in [9.17, 15) is 0 Å². The molecule has 0 bridgehead atoms. The molecule has 0 aromatic carbocycles. The molecule has 56 valence electrons. The molecule has 0 N–H and O–H groups in total. The minimum absolute atomic E-state index is 0.105. The van der Waals surface area contributed by atoms with Gasteiger partial charge in [-0.2, -0.15) is 5.10 Å². The summed E-state index contributed by atoms with van der Waals surface area (Å²) in [5.74, 6) is 0. The van der Waals surface area contributed by atoms with Gasteiger partial charge in [0.25, 0.3) is 0 Å². The molecule has 1 rings (SSSR count). The second-order valence-electron chi connectivity index (χ2n) is 2.90. The van der Waals surface area contributed by atoms with Gasteiger partial charge in [-0.1, -0.05) is 0 Å². The Morgan fingerprint density at radius 3 is 2.60 bits per heavy atom. The van der Waals surface area contributed by atoms with Crippen LogP contribution in [-0.2, 0) is 0 Å². The van der Waals surface area contributed by atoms with Gasteiger partial charge >= 0.3 is 0 Å². The lowest BCUT2D eigenvalue weighted by Crippen LogP contribution is -2.29. The van der Waals surface area contributed by atoms with Crippen LogP contribution in [0.2, 0.25) is 0 Å². The van der Waals surface area contributed by atoms with Gasteiger partial charge in [0, 0.05) is 6.54 Å². The number of hydrogen-bond acceptors (Lipinski definition) is 3. The largest absolute Gasteiger partial charge is 0.262 e. The van der Waals surface area contributed by atoms with Gasteiger partial charge < -0.3 is 0 Å². The number of rotatable bonds is 1. The molecule has 0 saturated heterocycles. The Kier molecular flexibility index (Phi) is 1.74. The third kappa shape index (κ3) is 1.56. The molecule has 0 aromatic heterocycles. The van der Waals surface area contributed by atoms with Crippen LogP contribution in [0.3, 0.4) is 0 Å². The SMILES string of the molecule is CCN1C=NC(C)(C)C=N1. The van der Waals surface area contributed by atoms with Crippen molar-refractivity contribution in [3.05, 3.63) is 0 Å². The number of hydrazone groups is 1. The van der Waals surface area contributed by atoms with Crippen LogP contribution in [0.4, 0.5) is 0 Å². The van der Waals surface area contributed by atoms with E-state index in [1.807, 2.05) is 32.0 Å². The van der Waals surface area contributed by atoms with E-state index in [1.54, 1.807) is 6.34 Å². The van der Waals surface area contributed by atoms with Crippen LogP contribution in [0.15, 0.2) is 10.1 Å². The normalized spacial score (nSPS) is 21.7. The second kappa shape index (κ2) is 2.40. The molecule has 0 aliphatic carbocycles. The van der Waals surface area contributed by atoms with E-state index >= 15 is 0 Å². The van der Waals surface area contributed by atoms with E-state index in [4.69, 9.17) is 0 Å². The highest BCUT2D eigenvalue weighted by atomic mass is 15.5. The van der Waals surface area contributed by atoms with Gasteiger partial charge in [0.05, 0.1) is 11.8 Å². The molecular weight excluding hydrogens is 126 g/mol. The fourth-order valence-electron chi connectivity index (χ4n) is 0.657. The van der Waals surface area contributed by atoms with Gasteiger partial charge in [-0.15, -0.1) is 0 Å². The third-order valence-corrected chi connectivity index (χ3v) is 1.37. The van der Waals surface area contributed by atoms with Gasteiger partial charge in [-0.05, 0) is 20.8 Å². The van der Waals surface area contributed by atoms with E-state index < -0.39 is 0 Å². The summed E-state index contributed by atoms with van der Waals surface area (Å²) in [6.45, 7) is 6.98. The van der Waals surface area contributed by atoms with Gasteiger partial charge in [0.2, 0.25) is 0 Å². The molecule has 0 spiro atoms. The first-order valence-electron chi connectivity index (χ1n) is 3.51. The predicted molar refractivity (Wildman–Crippen MR) is 43.4 cm³/mol. The van der Waals surface area contributed by atoms with Crippen LogP contribution in [-0.4, -0.2) is 29.6 Å². The van der Waals surface area contributed by atoms with E-state index in [-0.39, 0.29) is 5.54 Å². The van der Waals surface area contributed by atoms with Crippen LogP contribution in [0.25, 0.3) is 0 Å². The monoisotopic (exact) mass is 139 g/mol. The Bertz CT molecular complexity index is 154. The zero-order valence-electron chi connectivity index (χ0n) is 6.70. The van der Waals surface area contributed by atoms with Crippen LogP contribution in [0.5, 0.6) is 0 Å². The highest BCUT2D eigenvalue weighted by Gasteiger charge is 2.15. The molecule has 1 heterocycles. The minimum Gasteiger partial charge on any atom is -0.262 e. The van der Waals surface area contributed by atoms with Crippen LogP contribution in [0, 0.1) is 0 Å². The molecule has 0 aromatic rings. The average Bonchev–Trinajstić information content (AvgIpc) is 1.88. The van der Waals surface area contributed by atoms with E-state index in [2.05, 4.69) is 10.1 Å². The van der Waals surface area contributed by atoms with E-state index in [0.29, 0.717) is 0 Å². The van der Waals surface area contributed by atoms with E-state index in [0.717, 1.165) is 6.54 Å². The highest BCUT2D eigenvalue weighted by Crippen LogP contribution is 2.08. The molecular formula is C7H13N3. The molecule has 0 saturated carbocycles. The summed E-state index contributed by atoms with van der Waals surface area (Å²) in [4.78, 5) is 4.27. The zero-order valence-corrected chi connectivity index (χ0v) is 6.70. The van der Waals surface area contributed by atoms with Crippen molar-refractivity contribution >= 4 is 12.6 Å². The summed E-state index contributed by atoms with van der Waals surface area (Å²) in [5.41, 5.74) is -0.105. The topological polar surface area (TPSA) is 28.0 Å². The molecule has 1 aliphatic heterocycles. The molecule has 0 fully saturated rings. The maximum Gasteiger partial charge on any atom is 0.107 e. The fraction of sp³-hybridized carbons (Fsp3) is 0.714. The third-order valence-electron chi connectivity index (χ3n) is 1.37. The number of hydrogen-bond donors (Lipinski definition) is 0. The van der Waals surface area contributed by atoms with Crippen molar-refractivity contribution in [1.29, 1.82) is 0 Å². The first-order valence-corrected chi connectivity index (χ1v) is 3.51. The lowest BCUT2D eigenvalue weighted by molar-refractivity contribution is 0.461. The highest BCUT2D eigenvalue weighted by molar-refractivity contribution is 5.76. The fourth-order valence-corrected chi connectivity index (χ4v) is 0.657. The summed E-state index contributed by atoms with van der Waals surface area (Å²) >= 11 is 0. The first kappa shape index (κ1) is 7.25. The Balaban J connectivity index is 2.62. The molecule has 0 unspecified atom stereocenters. The maximum absolute atomic E-state index is 4.27. The maximum atomic E-state index is 4.27. The number of nitrogens with zero attached hydrogens (tertiary/aromatic N) is 3. The van der Waals surface area contributed by atoms with Crippen molar-refractivity contribution in [1.82, 2.24) is 5.01 Å². The van der Waals surface area contributed by atoms with Crippen molar-refractivity contribution in [2.24, 2.45) is 10.1 Å². The van der Waals surface area contributed by atoms with E-state index in [1.165, 1.54) is 0 Å². The van der Waals surface area contributed by atoms with Gasteiger partial charge in [0.15, 0.2) is 0 Å². The molecule has 0 amide bonds. The smallest absolute Gasteiger partial charge is 0.107 e. The Hall–Kier alpha value is -0.860. The Morgan fingerprint density at radius 1 is 1.50 bits per heavy atom. The van der Waals surface area contributed by atoms with Crippen molar-refractivity contribution in [3.63, 3.8) is 0 Å². The lowest BCUT2D eigenvalue weighted by atomic mass is 10.1. The minimum atomic E-state index is -0.105. The summed E-state index contributed by atoms with van der Waals surface area (Å²) in [6.07, 6.45) is 3.64. The summed E-state index contributed by atoms with van der Waals surface area (Å²) in [6, 6.07) is 0. The van der Waals surface area contributed by atoms with Crippen LogP contribution < -0.4 is 0 Å². The molecule has 3 nitrogen and oxygen atoms in total. The van der Waals surface area contributed by atoms with Crippen molar-refractivity contribution < 1.29 is 0 Å². The molecule has 0 atom stereocenters. The second-order valence-corrected chi connectivity index (χ2v) is 2.90. The Morgan fingerprint density at radius 2 is 2.20 bits per heavy atom. The van der Waals surface area contributed by atoms with Gasteiger partial charge in [-0.25, -0.2) is 0 Å². The molecule has 0 radical (unpaired) electrons. The number of aliphatic imine (C=N–C) groups is 1. The first-order chi connectivity index (χ1) is 4.64. The van der Waals surface area contributed by atoms with Gasteiger partial charge in [-0.3, -0.25) is 10.0 Å².